The minimum absolute atomic E-state index is 0.0297. The van der Waals surface area contributed by atoms with E-state index in [0.29, 0.717) is 12.8 Å². The number of aliphatic carboxylic acids is 1. The van der Waals surface area contributed by atoms with Crippen LogP contribution in [0.3, 0.4) is 0 Å². The lowest BCUT2D eigenvalue weighted by molar-refractivity contribution is -0.148. The molecule has 3 atom stereocenters. The molecule has 0 spiro atoms. The number of allylic oxidation sites excluding steroid dienone is 2. The third kappa shape index (κ3) is 4.26. The summed E-state index contributed by atoms with van der Waals surface area (Å²) in [6.07, 6.45) is 3.10. The number of carboxylic acids is 1. The van der Waals surface area contributed by atoms with Gasteiger partial charge in [-0.1, -0.05) is 24.8 Å². The summed E-state index contributed by atoms with van der Waals surface area (Å²) in [6.45, 7) is 10.7. The Kier molecular flexibility index (Phi) is 5.62. The molecular weight excluding hydrogens is 324 g/mol. The first kappa shape index (κ1) is 18.7. The molecule has 0 aromatic heterocycles. The summed E-state index contributed by atoms with van der Waals surface area (Å²) in [5.74, 6) is -2.91. The highest BCUT2D eigenvalue weighted by molar-refractivity contribution is 5.92. The summed E-state index contributed by atoms with van der Waals surface area (Å²) in [5.41, 5.74) is 1.47. The predicted molar refractivity (Wildman–Crippen MR) is 90.5 cm³/mol. The maximum atomic E-state index is 12.0. The number of hydrogen-bond donors (Lipinski definition) is 1. The minimum Gasteiger partial charge on any atom is -0.478 e. The van der Waals surface area contributed by atoms with Crippen molar-refractivity contribution in [3.05, 3.63) is 47.6 Å². The van der Waals surface area contributed by atoms with Crippen molar-refractivity contribution in [3.8, 4) is 0 Å². The molecule has 0 saturated carbocycles. The molecule has 25 heavy (non-hydrogen) atoms. The van der Waals surface area contributed by atoms with Gasteiger partial charge in [-0.15, -0.1) is 0 Å². The van der Waals surface area contributed by atoms with E-state index in [1.807, 2.05) is 13.0 Å². The molecule has 6 nitrogen and oxygen atoms in total. The Bertz CT molecular complexity index is 697. The normalized spacial score (nSPS) is 26.7. The maximum absolute atomic E-state index is 12.0. The number of carboxylic acid groups (broad SMARTS) is 1. The van der Waals surface area contributed by atoms with Crippen molar-refractivity contribution in [1.29, 1.82) is 0 Å². The molecule has 1 aliphatic heterocycles. The second-order valence-electron chi connectivity index (χ2n) is 6.44. The van der Waals surface area contributed by atoms with E-state index in [0.717, 1.165) is 5.57 Å². The van der Waals surface area contributed by atoms with Gasteiger partial charge < -0.3 is 14.6 Å². The fraction of sp³-hybridized carbons (Fsp3) is 0.421. The van der Waals surface area contributed by atoms with E-state index in [-0.39, 0.29) is 23.1 Å². The SMILES string of the molecule is C=C(C)C(=O)OC1CC(C(=O)O)=CCCC(C)=CC2OC(=O)C(=C)C21. The quantitative estimate of drug-likeness (QED) is 0.480. The van der Waals surface area contributed by atoms with Crippen molar-refractivity contribution in [2.45, 2.75) is 45.3 Å². The van der Waals surface area contributed by atoms with Crippen LogP contribution in [-0.2, 0) is 23.9 Å². The van der Waals surface area contributed by atoms with Gasteiger partial charge in [0.1, 0.15) is 12.2 Å². The standard InChI is InChI=1S/C19H22O6/c1-10(2)18(22)24-15-9-13(17(20)21)7-5-6-11(3)8-14-16(15)12(4)19(23)25-14/h7-8,14-16H,1,4-6,9H2,2-3H3,(H,20,21). The van der Waals surface area contributed by atoms with Crippen LogP contribution in [0.1, 0.15) is 33.1 Å². The molecule has 1 aliphatic carbocycles. The third-order valence-corrected chi connectivity index (χ3v) is 4.34. The molecule has 6 heteroatoms. The third-order valence-electron chi connectivity index (χ3n) is 4.34. The molecule has 0 aromatic carbocycles. The molecule has 2 rings (SSSR count). The van der Waals surface area contributed by atoms with E-state index in [2.05, 4.69) is 13.2 Å². The molecule has 1 N–H and O–H groups in total. The zero-order valence-corrected chi connectivity index (χ0v) is 14.4. The monoisotopic (exact) mass is 346 g/mol. The lowest BCUT2D eigenvalue weighted by Crippen LogP contribution is -2.34. The second-order valence-corrected chi connectivity index (χ2v) is 6.44. The Morgan fingerprint density at radius 3 is 2.68 bits per heavy atom. The molecule has 1 saturated heterocycles. The molecule has 134 valence electrons. The van der Waals surface area contributed by atoms with Crippen molar-refractivity contribution < 1.29 is 29.0 Å². The molecular formula is C19H22O6. The highest BCUT2D eigenvalue weighted by atomic mass is 16.6. The van der Waals surface area contributed by atoms with E-state index in [9.17, 15) is 19.5 Å². The highest BCUT2D eigenvalue weighted by Crippen LogP contribution is 2.36. The number of carbonyl (C=O) groups excluding carboxylic acids is 2. The number of carbonyl (C=O) groups is 3. The van der Waals surface area contributed by atoms with Crippen LogP contribution in [0.5, 0.6) is 0 Å². The summed E-state index contributed by atoms with van der Waals surface area (Å²) >= 11 is 0. The van der Waals surface area contributed by atoms with Crippen LogP contribution in [0.2, 0.25) is 0 Å². The smallest absolute Gasteiger partial charge is 0.334 e. The van der Waals surface area contributed by atoms with Gasteiger partial charge in [0.05, 0.1) is 5.92 Å². The first-order valence-electron chi connectivity index (χ1n) is 8.06. The average Bonchev–Trinajstić information content (AvgIpc) is 2.79. The zero-order chi connectivity index (χ0) is 18.7. The molecule has 0 aromatic rings. The number of hydrogen-bond acceptors (Lipinski definition) is 5. The number of rotatable bonds is 3. The van der Waals surface area contributed by atoms with Gasteiger partial charge in [0, 0.05) is 23.1 Å². The highest BCUT2D eigenvalue weighted by Gasteiger charge is 2.45. The molecule has 0 radical (unpaired) electrons. The number of esters is 2. The van der Waals surface area contributed by atoms with Crippen LogP contribution >= 0.6 is 0 Å². The van der Waals surface area contributed by atoms with Gasteiger partial charge in [-0.25, -0.2) is 14.4 Å². The van der Waals surface area contributed by atoms with Gasteiger partial charge in [0.2, 0.25) is 0 Å². The van der Waals surface area contributed by atoms with E-state index in [1.165, 1.54) is 6.92 Å². The van der Waals surface area contributed by atoms with Gasteiger partial charge in [0.15, 0.2) is 0 Å². The van der Waals surface area contributed by atoms with Crippen LogP contribution in [0.15, 0.2) is 47.6 Å². The van der Waals surface area contributed by atoms with E-state index < -0.39 is 36.0 Å². The summed E-state index contributed by atoms with van der Waals surface area (Å²) in [6, 6.07) is 0. The topological polar surface area (TPSA) is 89.9 Å². The fourth-order valence-electron chi connectivity index (χ4n) is 2.97. The Balaban J connectivity index is 2.46. The molecule has 3 unspecified atom stereocenters. The van der Waals surface area contributed by atoms with E-state index in [1.54, 1.807) is 6.08 Å². The van der Waals surface area contributed by atoms with E-state index >= 15 is 0 Å². The Morgan fingerprint density at radius 2 is 2.08 bits per heavy atom. The zero-order valence-electron chi connectivity index (χ0n) is 14.4. The van der Waals surface area contributed by atoms with Crippen LogP contribution in [-0.4, -0.2) is 35.2 Å². The minimum atomic E-state index is -1.08. The Morgan fingerprint density at radius 1 is 1.40 bits per heavy atom. The summed E-state index contributed by atoms with van der Waals surface area (Å²) in [4.78, 5) is 35.5. The van der Waals surface area contributed by atoms with Crippen LogP contribution in [0.25, 0.3) is 0 Å². The van der Waals surface area contributed by atoms with Gasteiger partial charge in [-0.05, 0) is 32.8 Å². The van der Waals surface area contributed by atoms with Crippen LogP contribution in [0, 0.1) is 5.92 Å². The first-order chi connectivity index (χ1) is 11.7. The van der Waals surface area contributed by atoms with Crippen LogP contribution < -0.4 is 0 Å². The Hall–Kier alpha value is -2.63. The first-order valence-corrected chi connectivity index (χ1v) is 8.06. The van der Waals surface area contributed by atoms with Crippen molar-refractivity contribution in [1.82, 2.24) is 0 Å². The Labute approximate surface area is 146 Å². The lowest BCUT2D eigenvalue weighted by atomic mass is 9.85. The van der Waals surface area contributed by atoms with Crippen molar-refractivity contribution in [2.75, 3.05) is 0 Å². The maximum Gasteiger partial charge on any atom is 0.334 e. The lowest BCUT2D eigenvalue weighted by Gasteiger charge is -2.27. The van der Waals surface area contributed by atoms with Gasteiger partial charge in [-0.3, -0.25) is 0 Å². The summed E-state index contributed by atoms with van der Waals surface area (Å²) < 4.78 is 10.8. The van der Waals surface area contributed by atoms with Crippen molar-refractivity contribution >= 4 is 17.9 Å². The second kappa shape index (κ2) is 7.51. The van der Waals surface area contributed by atoms with Gasteiger partial charge in [0.25, 0.3) is 0 Å². The molecule has 1 fully saturated rings. The molecule has 1 heterocycles. The molecule has 0 amide bonds. The van der Waals surface area contributed by atoms with Crippen LogP contribution in [0.4, 0.5) is 0 Å². The summed E-state index contributed by atoms with van der Waals surface area (Å²) in [7, 11) is 0. The molecule has 2 aliphatic rings. The fourth-order valence-corrected chi connectivity index (χ4v) is 2.97. The number of fused-ring (bicyclic) bond motifs is 1. The molecule has 0 bridgehead atoms. The average molecular weight is 346 g/mol. The van der Waals surface area contributed by atoms with Gasteiger partial charge in [-0.2, -0.15) is 0 Å². The number of ether oxygens (including phenoxy) is 2. The summed E-state index contributed by atoms with van der Waals surface area (Å²) in [5, 5.41) is 9.44. The van der Waals surface area contributed by atoms with Crippen molar-refractivity contribution in [2.24, 2.45) is 5.92 Å². The van der Waals surface area contributed by atoms with E-state index in [4.69, 9.17) is 9.47 Å². The van der Waals surface area contributed by atoms with Gasteiger partial charge >= 0.3 is 17.9 Å². The predicted octanol–water partition coefficient (Wildman–Crippen LogP) is 2.71. The van der Waals surface area contributed by atoms with Crippen molar-refractivity contribution in [3.63, 3.8) is 0 Å². The largest absolute Gasteiger partial charge is 0.478 e.